The minimum absolute atomic E-state index is 0.437. The Morgan fingerprint density at radius 1 is 1.03 bits per heavy atom. The van der Waals surface area contributed by atoms with Crippen molar-refractivity contribution in [3.05, 3.63) is 46.9 Å². The van der Waals surface area contributed by atoms with E-state index in [-0.39, 0.29) is 0 Å². The zero-order valence-corrected chi connectivity index (χ0v) is 19.6. The van der Waals surface area contributed by atoms with Gasteiger partial charge in [0.1, 0.15) is 28.0 Å². The van der Waals surface area contributed by atoms with E-state index in [0.29, 0.717) is 31.5 Å². The van der Waals surface area contributed by atoms with Gasteiger partial charge in [0.25, 0.3) is 0 Å². The highest BCUT2D eigenvalue weighted by molar-refractivity contribution is 6.30. The third-order valence-corrected chi connectivity index (χ3v) is 6.22. The molecule has 33 heavy (non-hydrogen) atoms. The highest BCUT2D eigenvalue weighted by Gasteiger charge is 2.24. The number of hydrogen-bond donors (Lipinski definition) is 0. The van der Waals surface area contributed by atoms with Crippen LogP contribution in [0.25, 0.3) is 16.7 Å². The lowest BCUT2D eigenvalue weighted by molar-refractivity contribution is 0.123. The molecule has 9 heteroatoms. The molecule has 2 aliphatic heterocycles. The Bertz CT molecular complexity index is 1190. The van der Waals surface area contributed by atoms with Crippen LogP contribution in [0.4, 0.5) is 5.69 Å². The van der Waals surface area contributed by atoms with Crippen LogP contribution in [-0.2, 0) is 16.0 Å². The molecule has 8 nitrogen and oxygen atoms in total. The average molecular weight is 471 g/mol. The standard InChI is InChI=1S/C24H27ClN4O4/c1-30-18-6-5-16(20(12-18)31-2)14-29-23(17-4-3-9-33-15-17)27-22-19(13-21(25)26-24(22)29)28-7-10-32-11-8-28/h4-6,12-13H,3,7-11,14-15H2,1-2H3. The van der Waals surface area contributed by atoms with Gasteiger partial charge in [-0.05, 0) is 18.6 Å². The fourth-order valence-electron chi connectivity index (χ4n) is 4.35. The fraction of sp³-hybridized carbons (Fsp3) is 0.417. The second-order valence-corrected chi connectivity index (χ2v) is 8.39. The molecule has 0 amide bonds. The topological polar surface area (TPSA) is 70.9 Å². The smallest absolute Gasteiger partial charge is 0.164 e. The van der Waals surface area contributed by atoms with Gasteiger partial charge in [0.2, 0.25) is 0 Å². The molecular formula is C24H27ClN4O4. The van der Waals surface area contributed by atoms with E-state index in [1.807, 2.05) is 24.3 Å². The lowest BCUT2D eigenvalue weighted by atomic mass is 10.1. The normalized spacial score (nSPS) is 16.7. The van der Waals surface area contributed by atoms with Crippen molar-refractivity contribution in [2.45, 2.75) is 13.0 Å². The first-order valence-electron chi connectivity index (χ1n) is 11.1. The Balaban J connectivity index is 1.67. The summed E-state index contributed by atoms with van der Waals surface area (Å²) < 4.78 is 24.4. The number of halogens is 1. The molecule has 0 saturated carbocycles. The Labute approximate surface area is 197 Å². The average Bonchev–Trinajstić information content (AvgIpc) is 3.22. The molecule has 5 rings (SSSR count). The summed E-state index contributed by atoms with van der Waals surface area (Å²) in [6.07, 6.45) is 3.05. The van der Waals surface area contributed by atoms with E-state index in [4.69, 9.17) is 40.5 Å². The number of anilines is 1. The van der Waals surface area contributed by atoms with E-state index >= 15 is 0 Å². The lowest BCUT2D eigenvalue weighted by Gasteiger charge is -2.29. The van der Waals surface area contributed by atoms with Crippen molar-refractivity contribution >= 4 is 34.0 Å². The summed E-state index contributed by atoms with van der Waals surface area (Å²) in [7, 11) is 3.30. The number of morpholine rings is 1. The molecular weight excluding hydrogens is 444 g/mol. The van der Waals surface area contributed by atoms with Crippen LogP contribution in [0, 0.1) is 0 Å². The number of ether oxygens (including phenoxy) is 4. The van der Waals surface area contributed by atoms with Crippen LogP contribution in [0.1, 0.15) is 17.8 Å². The van der Waals surface area contributed by atoms with Gasteiger partial charge in [-0.2, -0.15) is 0 Å². The van der Waals surface area contributed by atoms with Gasteiger partial charge in [-0.15, -0.1) is 0 Å². The molecule has 0 spiro atoms. The number of rotatable bonds is 6. The van der Waals surface area contributed by atoms with Gasteiger partial charge < -0.3 is 28.4 Å². The first-order valence-corrected chi connectivity index (χ1v) is 11.4. The molecule has 174 valence electrons. The second-order valence-electron chi connectivity index (χ2n) is 8.01. The number of benzene rings is 1. The van der Waals surface area contributed by atoms with Crippen LogP contribution in [0.3, 0.4) is 0 Å². The Hall–Kier alpha value is -2.81. The van der Waals surface area contributed by atoms with Crippen molar-refractivity contribution in [1.29, 1.82) is 0 Å². The van der Waals surface area contributed by atoms with Crippen molar-refractivity contribution in [2.24, 2.45) is 0 Å². The molecule has 0 aliphatic carbocycles. The zero-order valence-electron chi connectivity index (χ0n) is 18.8. The summed E-state index contributed by atoms with van der Waals surface area (Å²) in [4.78, 5) is 12.1. The first kappa shape index (κ1) is 22.0. The summed E-state index contributed by atoms with van der Waals surface area (Å²) in [5.41, 5.74) is 4.59. The maximum atomic E-state index is 6.52. The van der Waals surface area contributed by atoms with Crippen molar-refractivity contribution in [3.63, 3.8) is 0 Å². The molecule has 0 bridgehead atoms. The van der Waals surface area contributed by atoms with Crippen LogP contribution in [-0.4, -0.2) is 68.3 Å². The molecule has 1 fully saturated rings. The number of pyridine rings is 1. The molecule has 2 aliphatic rings. The summed E-state index contributed by atoms with van der Waals surface area (Å²) in [5, 5.41) is 0.437. The monoisotopic (exact) mass is 470 g/mol. The van der Waals surface area contributed by atoms with Crippen LogP contribution in [0.5, 0.6) is 11.5 Å². The van der Waals surface area contributed by atoms with E-state index in [1.54, 1.807) is 14.2 Å². The number of aromatic nitrogens is 3. The predicted molar refractivity (Wildman–Crippen MR) is 128 cm³/mol. The Kier molecular flexibility index (Phi) is 6.39. The first-order chi connectivity index (χ1) is 16.2. The predicted octanol–water partition coefficient (Wildman–Crippen LogP) is 3.79. The van der Waals surface area contributed by atoms with E-state index < -0.39 is 0 Å². The number of hydrogen-bond acceptors (Lipinski definition) is 7. The molecule has 0 radical (unpaired) electrons. The van der Waals surface area contributed by atoms with Crippen molar-refractivity contribution < 1.29 is 18.9 Å². The van der Waals surface area contributed by atoms with E-state index in [2.05, 4.69) is 15.5 Å². The molecule has 4 heterocycles. The van der Waals surface area contributed by atoms with Crippen LogP contribution in [0.2, 0.25) is 5.15 Å². The van der Waals surface area contributed by atoms with Gasteiger partial charge in [-0.1, -0.05) is 17.7 Å². The highest BCUT2D eigenvalue weighted by Crippen LogP contribution is 2.34. The number of methoxy groups -OCH3 is 2. The largest absolute Gasteiger partial charge is 0.497 e. The molecule has 3 aromatic rings. The molecule has 1 saturated heterocycles. The zero-order chi connectivity index (χ0) is 22.8. The third-order valence-electron chi connectivity index (χ3n) is 6.02. The minimum Gasteiger partial charge on any atom is -0.497 e. The minimum atomic E-state index is 0.437. The van der Waals surface area contributed by atoms with Crippen LogP contribution >= 0.6 is 11.6 Å². The van der Waals surface area contributed by atoms with Gasteiger partial charge in [0.15, 0.2) is 5.65 Å². The van der Waals surface area contributed by atoms with Crippen molar-refractivity contribution in [2.75, 3.05) is 58.6 Å². The van der Waals surface area contributed by atoms with Gasteiger partial charge in [-0.25, -0.2) is 9.97 Å². The number of fused-ring (bicyclic) bond motifs is 1. The van der Waals surface area contributed by atoms with Crippen molar-refractivity contribution in [1.82, 2.24) is 14.5 Å². The van der Waals surface area contributed by atoms with E-state index in [1.165, 1.54) is 0 Å². The SMILES string of the molecule is COc1ccc(Cn2c(C3=CCCOC3)nc3c(N4CCOCC4)cc(Cl)nc32)c(OC)c1. The summed E-state index contributed by atoms with van der Waals surface area (Å²) in [6.45, 7) is 4.69. The quantitative estimate of drug-likeness (QED) is 0.507. The third kappa shape index (κ3) is 4.38. The molecule has 0 atom stereocenters. The summed E-state index contributed by atoms with van der Waals surface area (Å²) in [6, 6.07) is 7.72. The highest BCUT2D eigenvalue weighted by atomic mass is 35.5. The summed E-state index contributed by atoms with van der Waals surface area (Å²) >= 11 is 6.52. The van der Waals surface area contributed by atoms with Gasteiger partial charge >= 0.3 is 0 Å². The second kappa shape index (κ2) is 9.59. The molecule has 1 aromatic carbocycles. The maximum absolute atomic E-state index is 6.52. The van der Waals surface area contributed by atoms with Gasteiger partial charge in [-0.3, -0.25) is 0 Å². The van der Waals surface area contributed by atoms with Crippen molar-refractivity contribution in [3.8, 4) is 11.5 Å². The van der Waals surface area contributed by atoms with E-state index in [0.717, 1.165) is 71.4 Å². The fourth-order valence-corrected chi connectivity index (χ4v) is 4.53. The number of imidazole rings is 1. The summed E-state index contributed by atoms with van der Waals surface area (Å²) in [5.74, 6) is 2.32. The van der Waals surface area contributed by atoms with Crippen LogP contribution in [0.15, 0.2) is 30.3 Å². The molecule has 2 aromatic heterocycles. The lowest BCUT2D eigenvalue weighted by Crippen LogP contribution is -2.36. The van der Waals surface area contributed by atoms with E-state index in [9.17, 15) is 0 Å². The molecule has 0 unspecified atom stereocenters. The molecule has 0 N–H and O–H groups in total. The van der Waals surface area contributed by atoms with Gasteiger partial charge in [0.05, 0.1) is 52.9 Å². The Morgan fingerprint density at radius 2 is 1.88 bits per heavy atom. The van der Waals surface area contributed by atoms with Crippen LogP contribution < -0.4 is 14.4 Å². The van der Waals surface area contributed by atoms with Gasteiger partial charge in [0, 0.05) is 36.4 Å². The maximum Gasteiger partial charge on any atom is 0.164 e. The Morgan fingerprint density at radius 3 is 2.61 bits per heavy atom. The number of nitrogens with zero attached hydrogens (tertiary/aromatic N) is 4.